The van der Waals surface area contributed by atoms with Crippen molar-refractivity contribution in [1.82, 2.24) is 15.1 Å². The van der Waals surface area contributed by atoms with Gasteiger partial charge in [-0.15, -0.1) is 0 Å². The van der Waals surface area contributed by atoms with Crippen molar-refractivity contribution >= 4 is 29.1 Å². The number of hydrogen-bond donors (Lipinski definition) is 2. The van der Waals surface area contributed by atoms with E-state index in [4.69, 9.17) is 4.74 Å². The normalized spacial score (nSPS) is 25.9. The van der Waals surface area contributed by atoms with Crippen LogP contribution in [0.2, 0.25) is 0 Å². The summed E-state index contributed by atoms with van der Waals surface area (Å²) in [7, 11) is 0. The highest BCUT2D eigenvalue weighted by Gasteiger charge is 2.42. The molecule has 10 heteroatoms. The molecule has 3 aromatic carbocycles. The lowest BCUT2D eigenvalue weighted by molar-refractivity contribution is -0.136. The summed E-state index contributed by atoms with van der Waals surface area (Å²) in [6.07, 6.45) is 5.73. The lowest BCUT2D eigenvalue weighted by Gasteiger charge is -2.40. The number of nitrogens with one attached hydrogen (secondary N) is 1. The number of ether oxygens (including phenoxy) is 1. The number of fused-ring (bicyclic) bond motifs is 2. The topological polar surface area (TPSA) is 106 Å². The number of piperidine rings is 2. The van der Waals surface area contributed by atoms with Gasteiger partial charge in [0.05, 0.1) is 12.7 Å². The standard InChI is InChI=1S/C41H47N5O5/c47-33-8-10-34-30(22-33)25-51-39(28-1-2-28)38(34)27-3-5-31(6-4-27)44-15-13-26(14-16-44)23-43-17-19-45(20-18-43)32-7-9-35-29(21-32)24-46(41(35)50)36-11-12-37(48)42-40(36)49/h3-10,21-22,26,28,36,38-39,47H,1-2,11-20,23-25H2,(H,42,48,49)/t36-,38+,39+/m0/s1. The van der Waals surface area contributed by atoms with Gasteiger partial charge >= 0.3 is 0 Å². The SMILES string of the molecule is O=C1CC[C@H](N2Cc3cc(N4CCN(CC5CCN(c6ccc([C@@H]7c8ccc(O)cc8CO[C@@H]7C7CC7)cc6)CC5)CC4)ccc3C2=O)C(=O)N1. The minimum atomic E-state index is -0.583. The molecule has 2 N–H and O–H groups in total. The molecule has 0 radical (unpaired) electrons. The molecule has 6 aliphatic rings. The van der Waals surface area contributed by atoms with E-state index < -0.39 is 6.04 Å². The second-order valence-corrected chi connectivity index (χ2v) is 15.5. The molecule has 4 fully saturated rings. The Balaban J connectivity index is 0.765. The van der Waals surface area contributed by atoms with Crippen molar-refractivity contribution in [3.05, 3.63) is 88.5 Å². The first-order valence-corrected chi connectivity index (χ1v) is 18.9. The molecule has 0 unspecified atom stereocenters. The summed E-state index contributed by atoms with van der Waals surface area (Å²) < 4.78 is 6.39. The Hall–Kier alpha value is -4.41. The summed E-state index contributed by atoms with van der Waals surface area (Å²) in [6.45, 7) is 8.23. The Kier molecular flexibility index (Phi) is 8.47. The minimum Gasteiger partial charge on any atom is -0.508 e. The van der Waals surface area contributed by atoms with E-state index in [-0.39, 0.29) is 36.2 Å². The van der Waals surface area contributed by atoms with Gasteiger partial charge in [0.15, 0.2) is 0 Å². The highest BCUT2D eigenvalue weighted by Crippen LogP contribution is 2.48. The van der Waals surface area contributed by atoms with Crippen LogP contribution in [0.25, 0.3) is 0 Å². The van der Waals surface area contributed by atoms with Gasteiger partial charge in [0.2, 0.25) is 11.8 Å². The number of hydrogen-bond acceptors (Lipinski definition) is 8. The Morgan fingerprint density at radius 3 is 2.25 bits per heavy atom. The summed E-state index contributed by atoms with van der Waals surface area (Å²) in [5, 5.41) is 12.5. The summed E-state index contributed by atoms with van der Waals surface area (Å²) in [5.41, 5.74) is 7.76. The molecule has 5 heterocycles. The number of benzene rings is 3. The lowest BCUT2D eigenvalue weighted by Crippen LogP contribution is -2.52. The van der Waals surface area contributed by atoms with Crippen LogP contribution in [-0.2, 0) is 27.5 Å². The third-order valence-electron chi connectivity index (χ3n) is 12.3. The maximum atomic E-state index is 13.1. The summed E-state index contributed by atoms with van der Waals surface area (Å²) in [5.74, 6) is 1.09. The number of imide groups is 1. The molecule has 0 bridgehead atoms. The molecule has 9 rings (SSSR count). The Bertz CT molecular complexity index is 1830. The summed E-state index contributed by atoms with van der Waals surface area (Å²) >= 11 is 0. The first-order chi connectivity index (χ1) is 24.9. The largest absolute Gasteiger partial charge is 0.508 e. The number of carbonyl (C=O) groups is 3. The van der Waals surface area contributed by atoms with E-state index in [2.05, 4.69) is 56.4 Å². The molecule has 0 spiro atoms. The highest BCUT2D eigenvalue weighted by molar-refractivity contribution is 6.05. The van der Waals surface area contributed by atoms with Crippen molar-refractivity contribution in [2.75, 3.05) is 55.6 Å². The van der Waals surface area contributed by atoms with Crippen molar-refractivity contribution in [2.45, 2.75) is 69.7 Å². The average molecular weight is 690 g/mol. The van der Waals surface area contributed by atoms with Crippen LogP contribution >= 0.6 is 0 Å². The molecule has 3 atom stereocenters. The zero-order valence-corrected chi connectivity index (χ0v) is 29.1. The van der Waals surface area contributed by atoms with Gasteiger partial charge < -0.3 is 24.5 Å². The van der Waals surface area contributed by atoms with Crippen molar-refractivity contribution in [1.29, 1.82) is 0 Å². The van der Waals surface area contributed by atoms with Crippen molar-refractivity contribution < 1.29 is 24.2 Å². The van der Waals surface area contributed by atoms with Gasteiger partial charge in [0, 0.05) is 81.6 Å². The third kappa shape index (κ3) is 6.37. The number of amides is 3. The quantitative estimate of drug-likeness (QED) is 0.346. The van der Waals surface area contributed by atoms with E-state index in [1.807, 2.05) is 24.3 Å². The first-order valence-electron chi connectivity index (χ1n) is 18.9. The van der Waals surface area contributed by atoms with E-state index in [1.54, 1.807) is 4.90 Å². The molecule has 3 amide bonds. The van der Waals surface area contributed by atoms with Crippen LogP contribution in [0.5, 0.6) is 5.75 Å². The molecule has 5 aliphatic heterocycles. The molecule has 51 heavy (non-hydrogen) atoms. The van der Waals surface area contributed by atoms with E-state index in [0.717, 1.165) is 62.6 Å². The number of piperazine rings is 1. The molecule has 1 saturated carbocycles. The van der Waals surface area contributed by atoms with Crippen LogP contribution in [0.3, 0.4) is 0 Å². The number of phenols is 1. The van der Waals surface area contributed by atoms with Crippen LogP contribution in [0.15, 0.2) is 60.7 Å². The second kappa shape index (κ2) is 13.3. The zero-order chi connectivity index (χ0) is 34.6. The Morgan fingerprint density at radius 1 is 0.765 bits per heavy atom. The molecular weight excluding hydrogens is 642 g/mol. The maximum absolute atomic E-state index is 13.1. The summed E-state index contributed by atoms with van der Waals surface area (Å²) in [6, 6.07) is 20.5. The second-order valence-electron chi connectivity index (χ2n) is 15.5. The predicted molar refractivity (Wildman–Crippen MR) is 194 cm³/mol. The molecule has 3 saturated heterocycles. The van der Waals surface area contributed by atoms with Crippen LogP contribution in [0.4, 0.5) is 11.4 Å². The fourth-order valence-electron chi connectivity index (χ4n) is 9.26. The number of carbonyl (C=O) groups excluding carboxylic acids is 3. The van der Waals surface area contributed by atoms with Gasteiger partial charge in [-0.05, 0) is 109 Å². The number of anilines is 2. The van der Waals surface area contributed by atoms with Crippen LogP contribution < -0.4 is 15.1 Å². The predicted octanol–water partition coefficient (Wildman–Crippen LogP) is 4.63. The number of aromatic hydroxyl groups is 1. The van der Waals surface area contributed by atoms with Crippen molar-refractivity contribution in [3.8, 4) is 5.75 Å². The maximum Gasteiger partial charge on any atom is 0.255 e. The third-order valence-corrected chi connectivity index (χ3v) is 12.3. The van der Waals surface area contributed by atoms with Gasteiger partial charge in [0.1, 0.15) is 11.8 Å². The van der Waals surface area contributed by atoms with Gasteiger partial charge in [0.25, 0.3) is 5.91 Å². The minimum absolute atomic E-state index is 0.121. The lowest BCUT2D eigenvalue weighted by atomic mass is 9.80. The van der Waals surface area contributed by atoms with Gasteiger partial charge in [-0.1, -0.05) is 18.2 Å². The fourth-order valence-corrected chi connectivity index (χ4v) is 9.26. The monoisotopic (exact) mass is 689 g/mol. The van der Waals surface area contributed by atoms with Crippen molar-refractivity contribution in [2.24, 2.45) is 11.8 Å². The van der Waals surface area contributed by atoms with Crippen LogP contribution in [0.1, 0.15) is 77.1 Å². The fraction of sp³-hybridized carbons (Fsp3) is 0.488. The number of phenolic OH excluding ortho intramolecular Hbond substituents is 1. The van der Waals surface area contributed by atoms with Crippen LogP contribution in [0, 0.1) is 11.8 Å². The van der Waals surface area contributed by atoms with Gasteiger partial charge in [-0.3, -0.25) is 24.6 Å². The Morgan fingerprint density at radius 2 is 1.51 bits per heavy atom. The van der Waals surface area contributed by atoms with E-state index in [9.17, 15) is 19.5 Å². The van der Waals surface area contributed by atoms with E-state index >= 15 is 0 Å². The molecule has 1 aliphatic carbocycles. The first kappa shape index (κ1) is 32.5. The highest BCUT2D eigenvalue weighted by atomic mass is 16.5. The number of nitrogens with zero attached hydrogens (tertiary/aromatic N) is 4. The van der Waals surface area contributed by atoms with Crippen LogP contribution in [-0.4, -0.2) is 90.6 Å². The summed E-state index contributed by atoms with van der Waals surface area (Å²) in [4.78, 5) is 46.4. The molecule has 10 nitrogen and oxygen atoms in total. The Labute approximate surface area is 299 Å². The molecule has 0 aromatic heterocycles. The van der Waals surface area contributed by atoms with Crippen molar-refractivity contribution in [3.63, 3.8) is 0 Å². The van der Waals surface area contributed by atoms with E-state index in [1.165, 1.54) is 42.5 Å². The smallest absolute Gasteiger partial charge is 0.255 e. The van der Waals surface area contributed by atoms with E-state index in [0.29, 0.717) is 42.7 Å². The van der Waals surface area contributed by atoms with Gasteiger partial charge in [-0.2, -0.15) is 0 Å². The average Bonchev–Trinajstić information content (AvgIpc) is 3.95. The molecule has 266 valence electrons. The number of rotatable bonds is 7. The zero-order valence-electron chi connectivity index (χ0n) is 29.1. The molecule has 3 aromatic rings. The van der Waals surface area contributed by atoms with Gasteiger partial charge in [-0.25, -0.2) is 0 Å². The molecular formula is C41H47N5O5.